The summed E-state index contributed by atoms with van der Waals surface area (Å²) in [7, 11) is 1.86. The summed E-state index contributed by atoms with van der Waals surface area (Å²) in [5.74, 6) is 1.33. The normalized spacial score (nSPS) is 10.7. The Morgan fingerprint density at radius 2 is 2.29 bits per heavy atom. The molecule has 0 N–H and O–H groups in total. The zero-order valence-electron chi connectivity index (χ0n) is 7.76. The number of hydrogen-bond donors (Lipinski definition) is 0. The Morgan fingerprint density at radius 1 is 1.43 bits per heavy atom. The Kier molecular flexibility index (Phi) is 2.49. The summed E-state index contributed by atoms with van der Waals surface area (Å²) in [5.41, 5.74) is 0.869. The van der Waals surface area contributed by atoms with Gasteiger partial charge < -0.3 is 4.57 Å². The van der Waals surface area contributed by atoms with Crippen molar-refractivity contribution in [2.24, 2.45) is 7.05 Å². The molecule has 14 heavy (non-hydrogen) atoms. The van der Waals surface area contributed by atoms with E-state index in [0.29, 0.717) is 12.4 Å². The van der Waals surface area contributed by atoms with Gasteiger partial charge in [0.2, 0.25) is 0 Å². The first-order valence-electron chi connectivity index (χ1n) is 4.19. The number of rotatable bonds is 3. The molecular weight excluding hydrogens is 202 g/mol. The van der Waals surface area contributed by atoms with Crippen molar-refractivity contribution in [1.82, 2.24) is 24.3 Å². The van der Waals surface area contributed by atoms with Gasteiger partial charge in [0.15, 0.2) is 0 Å². The lowest BCUT2D eigenvalue weighted by atomic mass is 10.5. The number of alkyl halides is 1. The summed E-state index contributed by atoms with van der Waals surface area (Å²) in [5, 5.41) is 3.99. The summed E-state index contributed by atoms with van der Waals surface area (Å²) in [4.78, 5) is 8.23. The minimum Gasteiger partial charge on any atom is -0.330 e. The molecule has 74 valence electrons. The van der Waals surface area contributed by atoms with Crippen molar-refractivity contribution in [3.63, 3.8) is 0 Å². The second kappa shape index (κ2) is 3.79. The molecule has 2 aromatic rings. The molecule has 2 aromatic heterocycles. The van der Waals surface area contributed by atoms with Crippen LogP contribution in [0, 0.1) is 0 Å². The molecule has 2 rings (SSSR count). The SMILES string of the molecule is Cn1ncnc1Cn1cnc(CCl)c1. The first kappa shape index (κ1) is 9.21. The highest BCUT2D eigenvalue weighted by Gasteiger charge is 2.02. The van der Waals surface area contributed by atoms with E-state index in [1.807, 2.05) is 17.8 Å². The van der Waals surface area contributed by atoms with Crippen molar-refractivity contribution < 1.29 is 0 Å². The van der Waals surface area contributed by atoms with Gasteiger partial charge in [-0.15, -0.1) is 11.6 Å². The molecule has 0 atom stereocenters. The highest BCUT2D eigenvalue weighted by Crippen LogP contribution is 2.02. The Balaban J connectivity index is 2.15. The summed E-state index contributed by atoms with van der Waals surface area (Å²) < 4.78 is 3.67. The van der Waals surface area contributed by atoms with Crippen LogP contribution in [0.3, 0.4) is 0 Å². The van der Waals surface area contributed by atoms with E-state index >= 15 is 0 Å². The molecule has 0 radical (unpaired) electrons. The summed E-state index contributed by atoms with van der Waals surface area (Å²) in [6.45, 7) is 0.667. The molecule has 0 aromatic carbocycles. The third-order valence-corrected chi connectivity index (χ3v) is 2.23. The van der Waals surface area contributed by atoms with E-state index < -0.39 is 0 Å². The maximum atomic E-state index is 5.64. The van der Waals surface area contributed by atoms with Gasteiger partial charge in [0.1, 0.15) is 12.2 Å². The number of nitrogens with zero attached hydrogens (tertiary/aromatic N) is 5. The number of aromatic nitrogens is 5. The Hall–Kier alpha value is -1.36. The molecule has 5 nitrogen and oxygen atoms in total. The average Bonchev–Trinajstić information content (AvgIpc) is 2.77. The molecule has 2 heterocycles. The van der Waals surface area contributed by atoms with E-state index in [9.17, 15) is 0 Å². The van der Waals surface area contributed by atoms with Crippen LogP contribution in [0.25, 0.3) is 0 Å². The molecule has 0 saturated carbocycles. The number of aryl methyl sites for hydroxylation is 1. The smallest absolute Gasteiger partial charge is 0.146 e. The van der Waals surface area contributed by atoms with E-state index in [2.05, 4.69) is 15.1 Å². The first-order chi connectivity index (χ1) is 6.79. The Morgan fingerprint density at radius 3 is 2.86 bits per heavy atom. The predicted molar refractivity (Wildman–Crippen MR) is 51.9 cm³/mol. The van der Waals surface area contributed by atoms with Crippen molar-refractivity contribution in [3.05, 3.63) is 30.4 Å². The average molecular weight is 212 g/mol. The first-order valence-corrected chi connectivity index (χ1v) is 4.72. The van der Waals surface area contributed by atoms with Gasteiger partial charge in [-0.3, -0.25) is 4.68 Å². The fraction of sp³-hybridized carbons (Fsp3) is 0.375. The molecular formula is C8H10ClN5. The minimum absolute atomic E-state index is 0.436. The molecule has 0 fully saturated rings. The van der Waals surface area contributed by atoms with Gasteiger partial charge in [-0.05, 0) is 0 Å². The Labute approximate surface area is 86.4 Å². The van der Waals surface area contributed by atoms with E-state index in [0.717, 1.165) is 11.5 Å². The zero-order chi connectivity index (χ0) is 9.97. The van der Waals surface area contributed by atoms with E-state index in [1.165, 1.54) is 6.33 Å². The molecule has 0 amide bonds. The minimum atomic E-state index is 0.436. The lowest BCUT2D eigenvalue weighted by Gasteiger charge is -2.00. The van der Waals surface area contributed by atoms with Gasteiger partial charge in [-0.1, -0.05) is 0 Å². The summed E-state index contributed by atoms with van der Waals surface area (Å²) >= 11 is 5.64. The number of halogens is 1. The maximum Gasteiger partial charge on any atom is 0.146 e. The van der Waals surface area contributed by atoms with E-state index in [1.54, 1.807) is 11.0 Å². The predicted octanol–water partition coefficient (Wildman–Crippen LogP) is 0.799. The van der Waals surface area contributed by atoms with Gasteiger partial charge >= 0.3 is 0 Å². The second-order valence-corrected chi connectivity index (χ2v) is 3.24. The van der Waals surface area contributed by atoms with Crippen LogP contribution in [0.2, 0.25) is 0 Å². The molecule has 6 heteroatoms. The number of hydrogen-bond acceptors (Lipinski definition) is 3. The summed E-state index contributed by atoms with van der Waals surface area (Å²) in [6.07, 6.45) is 5.18. The molecule has 0 aliphatic rings. The van der Waals surface area contributed by atoms with Crippen LogP contribution in [0.1, 0.15) is 11.5 Å². The zero-order valence-corrected chi connectivity index (χ0v) is 8.52. The van der Waals surface area contributed by atoms with Gasteiger partial charge in [-0.2, -0.15) is 5.10 Å². The van der Waals surface area contributed by atoms with Gasteiger partial charge in [0, 0.05) is 13.2 Å². The molecule has 0 saturated heterocycles. The fourth-order valence-electron chi connectivity index (χ4n) is 1.19. The van der Waals surface area contributed by atoms with Crippen LogP contribution in [0.4, 0.5) is 0 Å². The van der Waals surface area contributed by atoms with Crippen molar-refractivity contribution in [1.29, 1.82) is 0 Å². The maximum absolute atomic E-state index is 5.64. The standard InChI is InChI=1S/C8H10ClN5/c1-13-8(10-5-12-13)4-14-3-7(2-9)11-6-14/h3,5-6H,2,4H2,1H3. The number of imidazole rings is 1. The third kappa shape index (κ3) is 1.77. The van der Waals surface area contributed by atoms with Gasteiger partial charge in [0.05, 0.1) is 24.4 Å². The fourth-order valence-corrected chi connectivity index (χ4v) is 1.33. The molecule has 0 aliphatic carbocycles. The van der Waals surface area contributed by atoms with Crippen LogP contribution in [0.5, 0.6) is 0 Å². The van der Waals surface area contributed by atoms with Crippen LogP contribution < -0.4 is 0 Å². The van der Waals surface area contributed by atoms with Crippen LogP contribution >= 0.6 is 11.6 Å². The second-order valence-electron chi connectivity index (χ2n) is 2.97. The molecule has 0 unspecified atom stereocenters. The van der Waals surface area contributed by atoms with Gasteiger partial charge in [-0.25, -0.2) is 9.97 Å². The highest BCUT2D eigenvalue weighted by molar-refractivity contribution is 6.16. The van der Waals surface area contributed by atoms with Crippen LogP contribution in [0.15, 0.2) is 18.9 Å². The highest BCUT2D eigenvalue weighted by atomic mass is 35.5. The lowest BCUT2D eigenvalue weighted by molar-refractivity contribution is 0.653. The monoisotopic (exact) mass is 211 g/mol. The van der Waals surface area contributed by atoms with Crippen molar-refractivity contribution >= 4 is 11.6 Å². The topological polar surface area (TPSA) is 48.5 Å². The lowest BCUT2D eigenvalue weighted by Crippen LogP contribution is -2.05. The largest absolute Gasteiger partial charge is 0.330 e. The van der Waals surface area contributed by atoms with Crippen molar-refractivity contribution in [3.8, 4) is 0 Å². The third-order valence-electron chi connectivity index (χ3n) is 1.95. The molecule has 0 spiro atoms. The van der Waals surface area contributed by atoms with Crippen molar-refractivity contribution in [2.75, 3.05) is 0 Å². The molecule has 0 bridgehead atoms. The summed E-state index contributed by atoms with van der Waals surface area (Å²) in [6, 6.07) is 0. The quantitative estimate of drug-likeness (QED) is 0.706. The Bertz CT molecular complexity index is 419. The van der Waals surface area contributed by atoms with E-state index in [-0.39, 0.29) is 0 Å². The van der Waals surface area contributed by atoms with E-state index in [4.69, 9.17) is 11.6 Å². The van der Waals surface area contributed by atoms with Crippen LogP contribution in [-0.2, 0) is 19.5 Å². The van der Waals surface area contributed by atoms with Gasteiger partial charge in [0.25, 0.3) is 0 Å². The molecule has 0 aliphatic heterocycles. The van der Waals surface area contributed by atoms with Crippen molar-refractivity contribution in [2.45, 2.75) is 12.4 Å². The van der Waals surface area contributed by atoms with Crippen LogP contribution in [-0.4, -0.2) is 24.3 Å².